The van der Waals surface area contributed by atoms with Gasteiger partial charge >= 0.3 is 341 Å². The number of nitrogens with zero attached hydrogens (tertiary/aromatic N) is 3. The van der Waals surface area contributed by atoms with E-state index >= 15 is 0 Å². The molecule has 0 unspecified atom stereocenters. The van der Waals surface area contributed by atoms with Crippen LogP contribution in [0.4, 0.5) is 0 Å². The first-order chi connectivity index (χ1) is 27.9. The Bertz CT molecular complexity index is 3080. The van der Waals surface area contributed by atoms with Crippen LogP contribution in [0.2, 0.25) is 0 Å². The fourth-order valence-corrected chi connectivity index (χ4v) is 12.0. The summed E-state index contributed by atoms with van der Waals surface area (Å²) in [5.74, 6) is 0. The Morgan fingerprint density at radius 2 is 1.00 bits per heavy atom. The van der Waals surface area contributed by atoms with Gasteiger partial charge in [-0.3, -0.25) is 0 Å². The standard InChI is InChI=1S/C53H39N3Se/c1-30-25-42-38-20-11-8-17-35(38)27-44(42)48(32(30)3)51-52(54-56-55-53(51)49-33(4)31(2)26-43-39-21-12-9-18-36(39)28-45(43)49)41-23-14-22-40(34-15-6-5-7-16-34)50(41)47-29-37-19-10-13-24-46(37)57-47/h5-26,29H,27-28H2,1-4H3. The third kappa shape index (κ3) is 5.28. The number of benzene rings is 7. The van der Waals surface area contributed by atoms with Crippen LogP contribution < -0.4 is 0 Å². The fraction of sp³-hybridized carbons (Fsp3) is 0.113. The Hall–Kier alpha value is -6.19. The number of hydrogen-bond donors (Lipinski definition) is 0. The van der Waals surface area contributed by atoms with E-state index < -0.39 is 0 Å². The molecule has 0 saturated heterocycles. The molecular formula is C53H39N3Se. The van der Waals surface area contributed by atoms with Crippen LogP contribution in [0.25, 0.3) is 86.7 Å². The monoisotopic (exact) mass is 797 g/mol. The van der Waals surface area contributed by atoms with Crippen molar-refractivity contribution in [1.82, 2.24) is 15.4 Å². The molecule has 0 aliphatic heterocycles. The summed E-state index contributed by atoms with van der Waals surface area (Å²) in [5, 5.41) is 16.4. The van der Waals surface area contributed by atoms with E-state index in [0.29, 0.717) is 0 Å². The number of hydrogen-bond acceptors (Lipinski definition) is 3. The van der Waals surface area contributed by atoms with Crippen LogP contribution in [0.5, 0.6) is 0 Å². The third-order valence-corrected chi connectivity index (χ3v) is 15.0. The molecule has 57 heavy (non-hydrogen) atoms. The fourth-order valence-electron chi connectivity index (χ4n) is 9.60. The summed E-state index contributed by atoms with van der Waals surface area (Å²) < 4.78 is 2.76. The van der Waals surface area contributed by atoms with Crippen molar-refractivity contribution in [2.45, 2.75) is 40.5 Å². The summed E-state index contributed by atoms with van der Waals surface area (Å²) in [4.78, 5) is 0. The van der Waals surface area contributed by atoms with Crippen molar-refractivity contribution in [1.29, 1.82) is 0 Å². The van der Waals surface area contributed by atoms with E-state index in [2.05, 4.69) is 167 Å². The topological polar surface area (TPSA) is 38.7 Å². The Morgan fingerprint density at radius 3 is 1.70 bits per heavy atom. The van der Waals surface area contributed by atoms with Crippen LogP contribution in [0, 0.1) is 27.7 Å². The van der Waals surface area contributed by atoms with Crippen molar-refractivity contribution in [3.63, 3.8) is 0 Å². The molecule has 0 saturated carbocycles. The Balaban J connectivity index is 1.28. The van der Waals surface area contributed by atoms with Crippen molar-refractivity contribution in [2.75, 3.05) is 0 Å². The molecule has 0 atom stereocenters. The summed E-state index contributed by atoms with van der Waals surface area (Å²) in [5.41, 5.74) is 25.7. The van der Waals surface area contributed by atoms with Gasteiger partial charge in [0.05, 0.1) is 0 Å². The van der Waals surface area contributed by atoms with E-state index in [1.54, 1.807) is 0 Å². The molecule has 3 nitrogen and oxygen atoms in total. The van der Waals surface area contributed by atoms with Gasteiger partial charge < -0.3 is 0 Å². The van der Waals surface area contributed by atoms with Crippen molar-refractivity contribution in [2.24, 2.45) is 0 Å². The SMILES string of the molecule is Cc1cc2c(c(-c3nnnc(-c4cccc(-c5ccccc5)c4-c4cc5ccccc5[se]4)c3-c3c(C)c(C)cc4c3Cc3ccccc3-4)c1C)Cc1ccccc1-2. The summed E-state index contributed by atoms with van der Waals surface area (Å²) in [6.07, 6.45) is 1.72. The van der Waals surface area contributed by atoms with E-state index in [4.69, 9.17) is 15.4 Å². The first-order valence-corrected chi connectivity index (χ1v) is 21.5. The second kappa shape index (κ2) is 13.2. The third-order valence-electron chi connectivity index (χ3n) is 12.6. The predicted octanol–water partition coefficient (Wildman–Crippen LogP) is 12.8. The van der Waals surface area contributed by atoms with Gasteiger partial charge in [-0.15, -0.1) is 0 Å². The van der Waals surface area contributed by atoms with Crippen LogP contribution in [0.1, 0.15) is 44.5 Å². The van der Waals surface area contributed by atoms with Crippen LogP contribution in [-0.4, -0.2) is 29.9 Å². The van der Waals surface area contributed by atoms with Gasteiger partial charge in [0.2, 0.25) is 0 Å². The van der Waals surface area contributed by atoms with Crippen LogP contribution in [0.15, 0.2) is 140 Å². The summed E-state index contributed by atoms with van der Waals surface area (Å²) in [7, 11) is 0. The zero-order valence-corrected chi connectivity index (χ0v) is 34.2. The van der Waals surface area contributed by atoms with E-state index in [1.165, 1.54) is 109 Å². The van der Waals surface area contributed by atoms with Gasteiger partial charge in [-0.1, -0.05) is 0 Å². The molecule has 2 aromatic heterocycles. The second-order valence-corrected chi connectivity index (χ2v) is 18.0. The van der Waals surface area contributed by atoms with Gasteiger partial charge in [-0.25, -0.2) is 0 Å². The summed E-state index contributed by atoms with van der Waals surface area (Å²) in [6.45, 7) is 9.08. The first-order valence-electron chi connectivity index (χ1n) is 19.8. The summed E-state index contributed by atoms with van der Waals surface area (Å²) >= 11 is 0.113. The minimum atomic E-state index is 0.113. The molecule has 0 N–H and O–H groups in total. The molecule has 272 valence electrons. The molecule has 0 radical (unpaired) electrons. The predicted molar refractivity (Wildman–Crippen MR) is 237 cm³/mol. The molecule has 2 aliphatic carbocycles. The first kappa shape index (κ1) is 34.1. The maximum atomic E-state index is 5.18. The molecule has 0 bridgehead atoms. The molecule has 4 heteroatoms. The minimum absolute atomic E-state index is 0.113. The normalized spacial score (nSPS) is 12.4. The zero-order chi connectivity index (χ0) is 38.4. The number of fused-ring (bicyclic) bond motifs is 7. The van der Waals surface area contributed by atoms with Gasteiger partial charge in [-0.05, 0) is 0 Å². The number of aromatic nitrogens is 3. The number of rotatable bonds is 5. The molecule has 2 heterocycles. The average Bonchev–Trinajstić information content (AvgIpc) is 3.95. The Labute approximate surface area is 339 Å². The van der Waals surface area contributed by atoms with Gasteiger partial charge in [0.25, 0.3) is 0 Å². The van der Waals surface area contributed by atoms with Crippen LogP contribution in [0.3, 0.4) is 0 Å². The van der Waals surface area contributed by atoms with E-state index in [1.807, 2.05) is 0 Å². The molecule has 0 amide bonds. The van der Waals surface area contributed by atoms with Crippen molar-refractivity contribution in [3.05, 3.63) is 184 Å². The van der Waals surface area contributed by atoms with Crippen molar-refractivity contribution >= 4 is 24.1 Å². The molecule has 0 spiro atoms. The van der Waals surface area contributed by atoms with E-state index in [-0.39, 0.29) is 14.5 Å². The van der Waals surface area contributed by atoms with Crippen molar-refractivity contribution in [3.8, 4) is 77.0 Å². The molecular weight excluding hydrogens is 758 g/mol. The molecule has 11 rings (SSSR count). The Kier molecular flexibility index (Phi) is 7.90. The van der Waals surface area contributed by atoms with Crippen LogP contribution in [-0.2, 0) is 12.8 Å². The van der Waals surface area contributed by atoms with E-state index in [9.17, 15) is 0 Å². The molecule has 7 aromatic carbocycles. The molecule has 2 aliphatic rings. The van der Waals surface area contributed by atoms with E-state index in [0.717, 1.165) is 35.4 Å². The quantitative estimate of drug-likeness (QED) is 0.163. The average molecular weight is 797 g/mol. The molecule has 0 fully saturated rings. The van der Waals surface area contributed by atoms with Gasteiger partial charge in [0.1, 0.15) is 0 Å². The van der Waals surface area contributed by atoms with Crippen LogP contribution >= 0.6 is 0 Å². The van der Waals surface area contributed by atoms with Gasteiger partial charge in [0.15, 0.2) is 0 Å². The van der Waals surface area contributed by atoms with Gasteiger partial charge in [0, 0.05) is 0 Å². The molecule has 9 aromatic rings. The number of aryl methyl sites for hydroxylation is 2. The van der Waals surface area contributed by atoms with Gasteiger partial charge in [-0.2, -0.15) is 0 Å². The summed E-state index contributed by atoms with van der Waals surface area (Å²) in [6, 6.07) is 51.4. The Morgan fingerprint density at radius 1 is 0.439 bits per heavy atom. The maximum absolute atomic E-state index is 5.18. The van der Waals surface area contributed by atoms with Crippen molar-refractivity contribution < 1.29 is 0 Å². The zero-order valence-electron chi connectivity index (χ0n) is 32.4. The second-order valence-electron chi connectivity index (χ2n) is 15.7.